The average molecular weight is 295 g/mol. The fourth-order valence-corrected chi connectivity index (χ4v) is 2.27. The van der Waals surface area contributed by atoms with Crippen molar-refractivity contribution in [1.82, 2.24) is 0 Å². The second-order valence-electron chi connectivity index (χ2n) is 5.15. The number of benzene rings is 2. The molecule has 3 heteroatoms. The molecule has 0 aliphatic carbocycles. The van der Waals surface area contributed by atoms with E-state index < -0.39 is 0 Å². The zero-order valence-electron chi connectivity index (χ0n) is 13.3. The Hall–Kier alpha value is -2.60. The van der Waals surface area contributed by atoms with E-state index in [1.165, 1.54) is 11.1 Å². The van der Waals surface area contributed by atoms with Crippen molar-refractivity contribution in [1.29, 1.82) is 0 Å². The number of anilines is 1. The lowest BCUT2D eigenvalue weighted by molar-refractivity contribution is 0.330. The molecular weight excluding hydrogens is 274 g/mol. The summed E-state index contributed by atoms with van der Waals surface area (Å²) in [5, 5.41) is 3.44. The molecule has 0 saturated carbocycles. The van der Waals surface area contributed by atoms with E-state index in [2.05, 4.69) is 43.3 Å². The SMILES string of the molecule is C#CCOc1ccc(CNc2ccc(C)cc2C)cc1OC. The molecule has 0 unspecified atom stereocenters. The summed E-state index contributed by atoms with van der Waals surface area (Å²) < 4.78 is 10.8. The molecule has 3 nitrogen and oxygen atoms in total. The fraction of sp³-hybridized carbons (Fsp3) is 0.263. The Labute approximate surface area is 132 Å². The smallest absolute Gasteiger partial charge is 0.162 e. The molecule has 2 aromatic carbocycles. The molecule has 0 heterocycles. The highest BCUT2D eigenvalue weighted by Crippen LogP contribution is 2.28. The molecule has 0 aromatic heterocycles. The van der Waals surface area contributed by atoms with Crippen molar-refractivity contribution in [3.05, 3.63) is 53.1 Å². The number of aryl methyl sites for hydroxylation is 2. The van der Waals surface area contributed by atoms with Gasteiger partial charge in [-0.25, -0.2) is 0 Å². The molecule has 22 heavy (non-hydrogen) atoms. The molecule has 2 aromatic rings. The van der Waals surface area contributed by atoms with Gasteiger partial charge in [0.2, 0.25) is 0 Å². The van der Waals surface area contributed by atoms with Gasteiger partial charge in [-0.15, -0.1) is 6.42 Å². The Balaban J connectivity index is 2.08. The first-order chi connectivity index (χ1) is 10.6. The van der Waals surface area contributed by atoms with Gasteiger partial charge in [0.05, 0.1) is 7.11 Å². The van der Waals surface area contributed by atoms with Crippen LogP contribution in [-0.4, -0.2) is 13.7 Å². The van der Waals surface area contributed by atoms with Gasteiger partial charge >= 0.3 is 0 Å². The summed E-state index contributed by atoms with van der Waals surface area (Å²) in [6.07, 6.45) is 5.21. The minimum Gasteiger partial charge on any atom is -0.493 e. The summed E-state index contributed by atoms with van der Waals surface area (Å²) >= 11 is 0. The van der Waals surface area contributed by atoms with Crippen LogP contribution in [-0.2, 0) is 6.54 Å². The van der Waals surface area contributed by atoms with Gasteiger partial charge in [-0.05, 0) is 43.2 Å². The van der Waals surface area contributed by atoms with E-state index in [4.69, 9.17) is 15.9 Å². The van der Waals surface area contributed by atoms with Crippen LogP contribution in [0.1, 0.15) is 16.7 Å². The van der Waals surface area contributed by atoms with E-state index in [-0.39, 0.29) is 6.61 Å². The number of rotatable bonds is 6. The quantitative estimate of drug-likeness (QED) is 0.819. The minimum absolute atomic E-state index is 0.233. The van der Waals surface area contributed by atoms with E-state index >= 15 is 0 Å². The van der Waals surface area contributed by atoms with Gasteiger partial charge in [-0.3, -0.25) is 0 Å². The monoisotopic (exact) mass is 295 g/mol. The molecule has 0 bridgehead atoms. The standard InChI is InChI=1S/C19H21NO2/c1-5-10-22-18-9-7-16(12-19(18)21-4)13-20-17-8-6-14(2)11-15(17)3/h1,6-9,11-12,20H,10,13H2,2-4H3. The maximum atomic E-state index is 5.45. The first-order valence-corrected chi connectivity index (χ1v) is 7.18. The van der Waals surface area contributed by atoms with Crippen molar-refractivity contribution < 1.29 is 9.47 Å². The molecule has 0 radical (unpaired) electrons. The maximum absolute atomic E-state index is 5.45. The van der Waals surface area contributed by atoms with Crippen molar-refractivity contribution >= 4 is 5.69 Å². The van der Waals surface area contributed by atoms with E-state index in [1.807, 2.05) is 18.2 Å². The average Bonchev–Trinajstić information content (AvgIpc) is 2.52. The van der Waals surface area contributed by atoms with Crippen molar-refractivity contribution in [3.63, 3.8) is 0 Å². The molecule has 114 valence electrons. The molecule has 0 saturated heterocycles. The Kier molecular flexibility index (Phi) is 5.32. The Morgan fingerprint density at radius 3 is 2.59 bits per heavy atom. The third-order valence-electron chi connectivity index (χ3n) is 3.40. The third-order valence-corrected chi connectivity index (χ3v) is 3.40. The lowest BCUT2D eigenvalue weighted by Crippen LogP contribution is -2.03. The van der Waals surface area contributed by atoms with E-state index in [0.29, 0.717) is 11.5 Å². The first kappa shape index (κ1) is 15.8. The van der Waals surface area contributed by atoms with Crippen LogP contribution in [0.25, 0.3) is 0 Å². The van der Waals surface area contributed by atoms with Crippen LogP contribution in [0.3, 0.4) is 0 Å². The van der Waals surface area contributed by atoms with Gasteiger partial charge in [-0.1, -0.05) is 29.7 Å². The topological polar surface area (TPSA) is 30.5 Å². The highest BCUT2D eigenvalue weighted by atomic mass is 16.5. The van der Waals surface area contributed by atoms with Gasteiger partial charge in [0.25, 0.3) is 0 Å². The Morgan fingerprint density at radius 2 is 1.91 bits per heavy atom. The molecule has 0 aliphatic heterocycles. The van der Waals surface area contributed by atoms with Crippen molar-refractivity contribution in [2.45, 2.75) is 20.4 Å². The molecule has 2 rings (SSSR count). The van der Waals surface area contributed by atoms with E-state index in [0.717, 1.165) is 17.8 Å². The number of methoxy groups -OCH3 is 1. The van der Waals surface area contributed by atoms with Crippen LogP contribution in [0, 0.1) is 26.2 Å². The highest BCUT2D eigenvalue weighted by molar-refractivity contribution is 5.53. The molecule has 0 spiro atoms. The second-order valence-corrected chi connectivity index (χ2v) is 5.15. The summed E-state index contributed by atoms with van der Waals surface area (Å²) in [6.45, 7) is 5.15. The predicted octanol–water partition coefficient (Wildman–Crippen LogP) is 3.94. The zero-order chi connectivity index (χ0) is 15.9. The summed E-state index contributed by atoms with van der Waals surface area (Å²) in [4.78, 5) is 0. The molecule has 1 N–H and O–H groups in total. The highest BCUT2D eigenvalue weighted by Gasteiger charge is 2.06. The Bertz CT molecular complexity index is 686. The van der Waals surface area contributed by atoms with Crippen LogP contribution in [0.15, 0.2) is 36.4 Å². The van der Waals surface area contributed by atoms with Crippen molar-refractivity contribution in [2.24, 2.45) is 0 Å². The molecule has 0 aliphatic rings. The van der Waals surface area contributed by atoms with Gasteiger partial charge in [0.1, 0.15) is 6.61 Å². The van der Waals surface area contributed by atoms with Crippen LogP contribution >= 0.6 is 0 Å². The first-order valence-electron chi connectivity index (χ1n) is 7.18. The summed E-state index contributed by atoms with van der Waals surface area (Å²) in [6, 6.07) is 12.2. The van der Waals surface area contributed by atoms with Crippen LogP contribution < -0.4 is 14.8 Å². The van der Waals surface area contributed by atoms with Crippen LogP contribution in [0.2, 0.25) is 0 Å². The third kappa shape index (κ3) is 3.95. The Morgan fingerprint density at radius 1 is 1.09 bits per heavy atom. The summed E-state index contributed by atoms with van der Waals surface area (Å²) in [7, 11) is 1.62. The van der Waals surface area contributed by atoms with Gasteiger partial charge < -0.3 is 14.8 Å². The number of ether oxygens (including phenoxy) is 2. The number of hydrogen-bond donors (Lipinski definition) is 1. The maximum Gasteiger partial charge on any atom is 0.162 e. The lowest BCUT2D eigenvalue weighted by Gasteiger charge is -2.13. The van der Waals surface area contributed by atoms with E-state index in [1.54, 1.807) is 7.11 Å². The minimum atomic E-state index is 0.233. The van der Waals surface area contributed by atoms with Gasteiger partial charge in [0.15, 0.2) is 11.5 Å². The number of terminal acetylenes is 1. The molecular formula is C19H21NO2. The zero-order valence-corrected chi connectivity index (χ0v) is 13.3. The molecule has 0 amide bonds. The fourth-order valence-electron chi connectivity index (χ4n) is 2.27. The lowest BCUT2D eigenvalue weighted by atomic mass is 10.1. The normalized spacial score (nSPS) is 9.91. The van der Waals surface area contributed by atoms with E-state index in [9.17, 15) is 0 Å². The molecule has 0 atom stereocenters. The van der Waals surface area contributed by atoms with Crippen LogP contribution in [0.5, 0.6) is 11.5 Å². The summed E-state index contributed by atoms with van der Waals surface area (Å²) in [5.41, 5.74) is 4.75. The van der Waals surface area contributed by atoms with Gasteiger partial charge in [-0.2, -0.15) is 0 Å². The van der Waals surface area contributed by atoms with Crippen molar-refractivity contribution in [3.8, 4) is 23.8 Å². The predicted molar refractivity (Wildman–Crippen MR) is 90.6 cm³/mol. The number of nitrogens with one attached hydrogen (secondary N) is 1. The second kappa shape index (κ2) is 7.42. The van der Waals surface area contributed by atoms with Gasteiger partial charge in [0, 0.05) is 12.2 Å². The largest absolute Gasteiger partial charge is 0.493 e. The molecule has 0 fully saturated rings. The summed E-state index contributed by atoms with van der Waals surface area (Å²) in [5.74, 6) is 3.80. The van der Waals surface area contributed by atoms with Crippen LogP contribution in [0.4, 0.5) is 5.69 Å². The van der Waals surface area contributed by atoms with Crippen molar-refractivity contribution in [2.75, 3.05) is 19.0 Å². The number of hydrogen-bond acceptors (Lipinski definition) is 3.